The molecule has 0 aliphatic rings. The van der Waals surface area contributed by atoms with Crippen molar-refractivity contribution in [2.24, 2.45) is 4.99 Å². The first-order valence-electron chi connectivity index (χ1n) is 9.86. The van der Waals surface area contributed by atoms with E-state index in [0.29, 0.717) is 13.2 Å². The molecule has 0 amide bonds. The smallest absolute Gasteiger partial charge is 0.327 e. The van der Waals surface area contributed by atoms with Crippen molar-refractivity contribution in [3.05, 3.63) is 0 Å². The second-order valence-electron chi connectivity index (χ2n) is 6.86. The minimum absolute atomic E-state index is 0.0229. The van der Waals surface area contributed by atoms with Crippen LogP contribution in [0.25, 0.3) is 0 Å². The molecule has 0 aromatic carbocycles. The van der Waals surface area contributed by atoms with Crippen LogP contribution in [0, 0.1) is 0 Å². The van der Waals surface area contributed by atoms with Gasteiger partial charge in [-0.25, -0.2) is 9.79 Å². The van der Waals surface area contributed by atoms with Gasteiger partial charge in [0.1, 0.15) is 0 Å². The summed E-state index contributed by atoms with van der Waals surface area (Å²) >= 11 is 0. The molecule has 0 aliphatic heterocycles. The van der Waals surface area contributed by atoms with Crippen molar-refractivity contribution in [3.8, 4) is 0 Å². The Morgan fingerprint density at radius 2 is 1.65 bits per heavy atom. The zero-order valence-electron chi connectivity index (χ0n) is 17.6. The molecule has 2 unspecified atom stereocenters. The standard InChI is InChI=1S/C18H39NO5Si2/c1-7-17(19-16-20)12-14-18(4,26(23-8-2)24-9-3)13-10-11-15-25(21-5)22-6/h17,25-26H,7-15H2,1-6H3. The van der Waals surface area contributed by atoms with E-state index in [1.54, 1.807) is 20.3 Å². The first kappa shape index (κ1) is 25.7. The highest BCUT2D eigenvalue weighted by molar-refractivity contribution is 6.48. The van der Waals surface area contributed by atoms with Gasteiger partial charge >= 0.3 is 18.6 Å². The minimum Gasteiger partial charge on any atom is -0.400 e. The van der Waals surface area contributed by atoms with Crippen molar-refractivity contribution in [1.82, 2.24) is 0 Å². The lowest BCUT2D eigenvalue weighted by Gasteiger charge is -2.36. The van der Waals surface area contributed by atoms with Crippen LogP contribution in [-0.4, -0.2) is 58.1 Å². The minimum atomic E-state index is -1.83. The third kappa shape index (κ3) is 10.1. The van der Waals surface area contributed by atoms with Gasteiger partial charge in [-0.1, -0.05) is 26.7 Å². The summed E-state index contributed by atoms with van der Waals surface area (Å²) in [6.07, 6.45) is 7.66. The molecule has 8 heteroatoms. The van der Waals surface area contributed by atoms with Crippen LogP contribution in [0.3, 0.4) is 0 Å². The third-order valence-corrected chi connectivity index (χ3v) is 9.84. The summed E-state index contributed by atoms with van der Waals surface area (Å²) < 4.78 is 22.9. The first-order chi connectivity index (χ1) is 12.5. The Morgan fingerprint density at radius 1 is 1.04 bits per heavy atom. The zero-order chi connectivity index (χ0) is 19.8. The number of unbranched alkanes of at least 4 members (excludes halogenated alkanes) is 1. The molecular weight excluding hydrogens is 366 g/mol. The molecule has 0 radical (unpaired) electrons. The molecule has 0 heterocycles. The lowest BCUT2D eigenvalue weighted by molar-refractivity contribution is 0.177. The van der Waals surface area contributed by atoms with Gasteiger partial charge in [0.2, 0.25) is 6.08 Å². The van der Waals surface area contributed by atoms with Gasteiger partial charge in [0, 0.05) is 32.5 Å². The number of hydrogen-bond acceptors (Lipinski definition) is 6. The third-order valence-electron chi connectivity index (χ3n) is 4.92. The van der Waals surface area contributed by atoms with E-state index in [-0.39, 0.29) is 11.1 Å². The second-order valence-corrected chi connectivity index (χ2v) is 12.0. The fraction of sp³-hybridized carbons (Fsp3) is 0.944. The van der Waals surface area contributed by atoms with Gasteiger partial charge in [-0.15, -0.1) is 0 Å². The summed E-state index contributed by atoms with van der Waals surface area (Å²) in [6, 6.07) is 1.06. The lowest BCUT2D eigenvalue weighted by Crippen LogP contribution is -2.37. The molecular formula is C18H39NO5Si2. The van der Waals surface area contributed by atoms with E-state index in [9.17, 15) is 4.79 Å². The fourth-order valence-corrected chi connectivity index (χ4v) is 6.85. The van der Waals surface area contributed by atoms with E-state index in [1.807, 2.05) is 13.8 Å². The topological polar surface area (TPSA) is 66.3 Å². The molecule has 26 heavy (non-hydrogen) atoms. The van der Waals surface area contributed by atoms with Crippen molar-refractivity contribution < 1.29 is 22.5 Å². The molecule has 0 aromatic rings. The number of aliphatic imine (C=N–C) groups is 1. The summed E-state index contributed by atoms with van der Waals surface area (Å²) in [5.41, 5.74) is 0. The van der Waals surface area contributed by atoms with Crippen LogP contribution in [0.5, 0.6) is 0 Å². The van der Waals surface area contributed by atoms with Crippen molar-refractivity contribution in [1.29, 1.82) is 0 Å². The first-order valence-corrected chi connectivity index (χ1v) is 13.1. The van der Waals surface area contributed by atoms with Gasteiger partial charge in [-0.2, -0.15) is 0 Å². The summed E-state index contributed by atoms with van der Waals surface area (Å²) in [5, 5.41) is 0.0229. The van der Waals surface area contributed by atoms with Crippen molar-refractivity contribution in [2.75, 3.05) is 27.4 Å². The van der Waals surface area contributed by atoms with Crippen LogP contribution in [0.2, 0.25) is 11.1 Å². The molecule has 0 spiro atoms. The van der Waals surface area contributed by atoms with Crippen LogP contribution < -0.4 is 0 Å². The summed E-state index contributed by atoms with van der Waals surface area (Å²) in [7, 11) is 0.153. The molecule has 0 N–H and O–H groups in total. The highest BCUT2D eigenvalue weighted by Gasteiger charge is 2.38. The van der Waals surface area contributed by atoms with Crippen molar-refractivity contribution >= 4 is 24.6 Å². The maximum Gasteiger partial charge on any atom is 0.327 e. The number of nitrogens with zero attached hydrogens (tertiary/aromatic N) is 1. The van der Waals surface area contributed by atoms with E-state index in [0.717, 1.165) is 44.6 Å². The van der Waals surface area contributed by atoms with E-state index in [4.69, 9.17) is 17.7 Å². The van der Waals surface area contributed by atoms with Crippen molar-refractivity contribution in [3.63, 3.8) is 0 Å². The molecule has 0 saturated heterocycles. The monoisotopic (exact) mass is 405 g/mol. The number of isocyanates is 1. The fourth-order valence-electron chi connectivity index (χ4n) is 3.22. The van der Waals surface area contributed by atoms with E-state index < -0.39 is 18.6 Å². The second kappa shape index (κ2) is 15.7. The van der Waals surface area contributed by atoms with Gasteiger partial charge < -0.3 is 17.7 Å². The van der Waals surface area contributed by atoms with Crippen LogP contribution in [-0.2, 0) is 22.5 Å². The zero-order valence-corrected chi connectivity index (χ0v) is 19.9. The molecule has 0 rings (SSSR count). The average Bonchev–Trinajstić information content (AvgIpc) is 2.65. The number of rotatable bonds is 17. The quantitative estimate of drug-likeness (QED) is 0.160. The molecule has 6 nitrogen and oxygen atoms in total. The highest BCUT2D eigenvalue weighted by Crippen LogP contribution is 2.42. The van der Waals surface area contributed by atoms with Crippen LogP contribution in [0.15, 0.2) is 4.99 Å². The Labute approximate surface area is 163 Å². The Hall–Kier alpha value is -0.346. The van der Waals surface area contributed by atoms with Gasteiger partial charge in [0.15, 0.2) is 0 Å². The molecule has 2 atom stereocenters. The maximum absolute atomic E-state index is 10.6. The Bertz CT molecular complexity index is 386. The summed E-state index contributed by atoms with van der Waals surface area (Å²) in [4.78, 5) is 14.6. The van der Waals surface area contributed by atoms with Gasteiger partial charge in [-0.3, -0.25) is 0 Å². The maximum atomic E-state index is 10.6. The Kier molecular flexibility index (Phi) is 15.5. The van der Waals surface area contributed by atoms with Gasteiger partial charge in [-0.05, 0) is 45.6 Å². The summed E-state index contributed by atoms with van der Waals surface area (Å²) in [5.74, 6) is 0. The van der Waals surface area contributed by atoms with Crippen LogP contribution in [0.1, 0.15) is 66.2 Å². The van der Waals surface area contributed by atoms with E-state index in [2.05, 4.69) is 18.8 Å². The predicted octanol–water partition coefficient (Wildman–Crippen LogP) is 3.62. The number of carbonyl (C=O) groups excluding carboxylic acids is 1. The van der Waals surface area contributed by atoms with Crippen LogP contribution in [0.4, 0.5) is 0 Å². The molecule has 154 valence electrons. The molecule has 0 saturated carbocycles. The highest BCUT2D eigenvalue weighted by atomic mass is 28.3. The normalized spacial score (nSPS) is 15.1. The van der Waals surface area contributed by atoms with Crippen LogP contribution >= 0.6 is 0 Å². The summed E-state index contributed by atoms with van der Waals surface area (Å²) in [6.45, 7) is 9.75. The molecule has 0 bridgehead atoms. The molecule has 0 aliphatic carbocycles. The van der Waals surface area contributed by atoms with Crippen molar-refractivity contribution in [2.45, 2.75) is 83.3 Å². The Morgan fingerprint density at radius 3 is 2.12 bits per heavy atom. The van der Waals surface area contributed by atoms with Gasteiger partial charge in [0.25, 0.3) is 0 Å². The molecule has 0 fully saturated rings. The predicted molar refractivity (Wildman–Crippen MR) is 110 cm³/mol. The molecule has 0 aromatic heterocycles. The average molecular weight is 406 g/mol. The van der Waals surface area contributed by atoms with Gasteiger partial charge in [0.05, 0.1) is 6.04 Å². The largest absolute Gasteiger partial charge is 0.400 e. The Balaban J connectivity index is 4.91. The van der Waals surface area contributed by atoms with E-state index >= 15 is 0 Å². The van der Waals surface area contributed by atoms with E-state index in [1.165, 1.54) is 0 Å². The SMILES string of the molecule is CCO[SiH](OCC)C(C)(CCCC[SiH](OC)OC)CCC(CC)N=C=O. The lowest BCUT2D eigenvalue weighted by atomic mass is 9.94. The number of hydrogen-bond donors (Lipinski definition) is 0.